The van der Waals surface area contributed by atoms with E-state index in [1.807, 2.05) is 13.0 Å². The summed E-state index contributed by atoms with van der Waals surface area (Å²) in [6.45, 7) is 2.09. The second kappa shape index (κ2) is 9.94. The summed E-state index contributed by atoms with van der Waals surface area (Å²) in [7, 11) is 1.80. The molecule has 0 radical (unpaired) electrons. The Morgan fingerprint density at radius 2 is 1.85 bits per heavy atom. The second-order valence-electron chi connectivity index (χ2n) is 10.5. The van der Waals surface area contributed by atoms with Crippen LogP contribution in [0, 0.1) is 12.7 Å². The number of carbonyl (C=O) groups is 1. The van der Waals surface area contributed by atoms with E-state index in [1.54, 1.807) is 54.2 Å². The van der Waals surface area contributed by atoms with E-state index in [0.717, 1.165) is 22.5 Å². The Balaban J connectivity index is 1.35. The molecular weight excluding hydrogens is 540 g/mol. The van der Waals surface area contributed by atoms with Crippen LogP contribution >= 0.6 is 0 Å². The number of benzene rings is 3. The van der Waals surface area contributed by atoms with Crippen LogP contribution in [-0.2, 0) is 24.4 Å². The third kappa shape index (κ3) is 4.92. The maximum atomic E-state index is 15.4. The zero-order valence-corrected chi connectivity index (χ0v) is 22.3. The monoisotopic (exact) mass is 566 g/mol. The van der Waals surface area contributed by atoms with Gasteiger partial charge in [0, 0.05) is 30.2 Å². The summed E-state index contributed by atoms with van der Waals surface area (Å²) in [5.74, 6) is -1.31. The molecule has 2 aliphatic rings. The summed E-state index contributed by atoms with van der Waals surface area (Å²) in [4.78, 5) is 11.1. The van der Waals surface area contributed by atoms with Gasteiger partial charge in [-0.1, -0.05) is 30.3 Å². The van der Waals surface area contributed by atoms with Crippen LogP contribution in [0.3, 0.4) is 0 Å². The minimum Gasteiger partial charge on any atom is -0.492 e. The summed E-state index contributed by atoms with van der Waals surface area (Å²) in [6, 6.07) is 14.2. The van der Waals surface area contributed by atoms with Crippen LogP contribution in [0.15, 0.2) is 54.6 Å². The number of hydrogen-bond donors (Lipinski definition) is 1. The van der Waals surface area contributed by atoms with Crippen LogP contribution in [0.1, 0.15) is 52.8 Å². The molecule has 0 saturated heterocycles. The number of rotatable bonds is 6. The fourth-order valence-electron chi connectivity index (χ4n) is 5.98. The summed E-state index contributed by atoms with van der Waals surface area (Å²) in [5.41, 5.74) is 2.88. The highest BCUT2D eigenvalue weighted by Crippen LogP contribution is 2.48. The van der Waals surface area contributed by atoms with Gasteiger partial charge in [0.05, 0.1) is 30.0 Å². The van der Waals surface area contributed by atoms with E-state index in [0.29, 0.717) is 29.5 Å². The molecule has 0 spiro atoms. The van der Waals surface area contributed by atoms with Crippen molar-refractivity contribution in [1.82, 2.24) is 9.78 Å². The van der Waals surface area contributed by atoms with Gasteiger partial charge in [0.2, 0.25) is 0 Å². The van der Waals surface area contributed by atoms with Gasteiger partial charge in [0.25, 0.3) is 0 Å². The van der Waals surface area contributed by atoms with Crippen LogP contribution in [0.5, 0.6) is 11.5 Å². The molecule has 1 aliphatic carbocycles. The first-order chi connectivity index (χ1) is 19.5. The van der Waals surface area contributed by atoms with Crippen molar-refractivity contribution in [3.8, 4) is 33.9 Å². The molecule has 0 fully saturated rings. The Labute approximate surface area is 233 Å². The number of nitrogens with zero attached hydrogens (tertiary/aromatic N) is 2. The Kier molecular flexibility index (Phi) is 6.51. The number of carboxylic acid groups (broad SMARTS) is 1. The molecule has 0 bridgehead atoms. The van der Waals surface area contributed by atoms with Crippen molar-refractivity contribution in [2.24, 2.45) is 7.05 Å². The fourth-order valence-corrected chi connectivity index (χ4v) is 5.98. The molecule has 6 nitrogen and oxygen atoms in total. The highest BCUT2D eigenvalue weighted by molar-refractivity contribution is 5.76. The normalized spacial score (nSPS) is 17.7. The number of hydrogen-bond acceptors (Lipinski definition) is 4. The molecule has 6 rings (SSSR count). The SMILES string of the molecule is Cc1cc(-c2ccc(-c3c(C(F)(F)F)cc(F)c4c3CC[C@H]4Oc3ccc4c(c3)OC[C@H]4CC(=O)O)cc2)n(C)n1. The Morgan fingerprint density at radius 3 is 2.51 bits per heavy atom. The Hall–Kier alpha value is -4.34. The quantitative estimate of drug-likeness (QED) is 0.249. The van der Waals surface area contributed by atoms with Gasteiger partial charge >= 0.3 is 12.1 Å². The first-order valence-electron chi connectivity index (χ1n) is 13.2. The molecule has 2 heterocycles. The number of fused-ring (bicyclic) bond motifs is 2. The van der Waals surface area contributed by atoms with Crippen molar-refractivity contribution in [1.29, 1.82) is 0 Å². The fraction of sp³-hybridized carbons (Fsp3) is 0.290. The van der Waals surface area contributed by atoms with E-state index in [9.17, 15) is 18.0 Å². The average molecular weight is 567 g/mol. The van der Waals surface area contributed by atoms with Gasteiger partial charge in [-0.25, -0.2) is 4.39 Å². The van der Waals surface area contributed by atoms with E-state index in [-0.39, 0.29) is 42.1 Å². The lowest BCUT2D eigenvalue weighted by Crippen LogP contribution is -2.12. The van der Waals surface area contributed by atoms with Crippen LogP contribution in [0.25, 0.3) is 22.4 Å². The predicted molar refractivity (Wildman–Crippen MR) is 142 cm³/mol. The molecule has 0 amide bonds. The first kappa shape index (κ1) is 26.9. The number of aliphatic carboxylic acids is 1. The maximum Gasteiger partial charge on any atom is 0.417 e. The highest BCUT2D eigenvalue weighted by atomic mass is 19.4. The van der Waals surface area contributed by atoms with E-state index in [2.05, 4.69) is 5.10 Å². The minimum absolute atomic E-state index is 0.0402. The van der Waals surface area contributed by atoms with Crippen molar-refractivity contribution in [2.75, 3.05) is 6.61 Å². The van der Waals surface area contributed by atoms with Gasteiger partial charge in [-0.3, -0.25) is 9.48 Å². The lowest BCUT2D eigenvalue weighted by molar-refractivity contribution is -0.138. The van der Waals surface area contributed by atoms with Gasteiger partial charge in [-0.15, -0.1) is 0 Å². The maximum absolute atomic E-state index is 15.4. The van der Waals surface area contributed by atoms with E-state index in [1.165, 1.54) is 0 Å². The average Bonchev–Trinajstić information content (AvgIpc) is 3.60. The standard InChI is InChI=1S/C31H26F4N2O4/c1-16-11-25(37(2)36-16)17-3-5-18(6-4-17)29-22-9-10-26(30(22)24(32)14-23(29)31(33,34)35)41-20-7-8-21-19(12-28(38)39)15-40-27(21)13-20/h3-8,11,13-14,19,26H,9-10,12,15H2,1-2H3,(H,38,39)/t19-,26-/m1/s1. The van der Waals surface area contributed by atoms with Crippen molar-refractivity contribution < 1.29 is 36.9 Å². The van der Waals surface area contributed by atoms with E-state index in [4.69, 9.17) is 14.6 Å². The molecule has 1 aliphatic heterocycles. The number of carboxylic acids is 1. The first-order valence-corrected chi connectivity index (χ1v) is 13.2. The largest absolute Gasteiger partial charge is 0.492 e. The van der Waals surface area contributed by atoms with Gasteiger partial charge in [-0.05, 0) is 60.2 Å². The van der Waals surface area contributed by atoms with Crippen molar-refractivity contribution >= 4 is 5.97 Å². The number of aromatic nitrogens is 2. The second-order valence-corrected chi connectivity index (χ2v) is 10.5. The molecule has 3 aromatic carbocycles. The van der Waals surface area contributed by atoms with Gasteiger partial charge in [0.1, 0.15) is 23.4 Å². The lowest BCUT2D eigenvalue weighted by atomic mass is 9.90. The van der Waals surface area contributed by atoms with Crippen LogP contribution in [0.4, 0.5) is 17.6 Å². The smallest absolute Gasteiger partial charge is 0.417 e. The number of ether oxygens (including phenoxy) is 2. The van der Waals surface area contributed by atoms with Gasteiger partial charge in [-0.2, -0.15) is 18.3 Å². The molecule has 0 saturated carbocycles. The molecule has 0 unspecified atom stereocenters. The van der Waals surface area contributed by atoms with Crippen LogP contribution < -0.4 is 9.47 Å². The van der Waals surface area contributed by atoms with E-state index >= 15 is 4.39 Å². The number of halogens is 4. The van der Waals surface area contributed by atoms with Crippen LogP contribution in [0.2, 0.25) is 0 Å². The zero-order valence-electron chi connectivity index (χ0n) is 22.3. The highest BCUT2D eigenvalue weighted by Gasteiger charge is 2.40. The molecule has 4 aromatic rings. The molecule has 10 heteroatoms. The Morgan fingerprint density at radius 1 is 1.12 bits per heavy atom. The molecule has 212 valence electrons. The molecule has 1 N–H and O–H groups in total. The molecule has 1 aromatic heterocycles. The van der Waals surface area contributed by atoms with Crippen molar-refractivity contribution in [3.05, 3.63) is 88.4 Å². The third-order valence-electron chi connectivity index (χ3n) is 7.74. The van der Waals surface area contributed by atoms with Crippen molar-refractivity contribution in [2.45, 2.75) is 44.4 Å². The summed E-state index contributed by atoms with van der Waals surface area (Å²) in [6.07, 6.45) is -5.11. The van der Waals surface area contributed by atoms with Gasteiger partial charge < -0.3 is 14.6 Å². The summed E-state index contributed by atoms with van der Waals surface area (Å²) >= 11 is 0. The zero-order chi connectivity index (χ0) is 29.1. The predicted octanol–water partition coefficient (Wildman–Crippen LogP) is 7.24. The number of alkyl halides is 3. The summed E-state index contributed by atoms with van der Waals surface area (Å²) < 4.78 is 71.5. The van der Waals surface area contributed by atoms with Crippen LogP contribution in [-0.4, -0.2) is 27.5 Å². The Bertz CT molecular complexity index is 1660. The molecule has 41 heavy (non-hydrogen) atoms. The van der Waals surface area contributed by atoms with Crippen molar-refractivity contribution in [3.63, 3.8) is 0 Å². The minimum atomic E-state index is -4.76. The van der Waals surface area contributed by atoms with E-state index < -0.39 is 29.6 Å². The molecule has 2 atom stereocenters. The lowest BCUT2D eigenvalue weighted by Gasteiger charge is -2.21. The third-order valence-corrected chi connectivity index (χ3v) is 7.74. The topological polar surface area (TPSA) is 73.6 Å². The molecular formula is C31H26F4N2O4. The van der Waals surface area contributed by atoms with Gasteiger partial charge in [0.15, 0.2) is 0 Å². The summed E-state index contributed by atoms with van der Waals surface area (Å²) in [5, 5.41) is 13.5. The number of aryl methyl sites for hydroxylation is 2.